The van der Waals surface area contributed by atoms with E-state index in [-0.39, 0.29) is 0 Å². The van der Waals surface area contributed by atoms with Crippen LogP contribution in [0.5, 0.6) is 0 Å². The average molecular weight is 338 g/mol. The minimum absolute atomic E-state index is 0.701. The molecule has 1 aromatic carbocycles. The number of imidazole rings is 1. The highest BCUT2D eigenvalue weighted by Crippen LogP contribution is 2.36. The third-order valence-electron chi connectivity index (χ3n) is 4.53. The monoisotopic (exact) mass is 338 g/mol. The molecule has 5 heteroatoms. The highest BCUT2D eigenvalue weighted by atomic mass is 32.1. The molecule has 1 atom stereocenters. The Morgan fingerprint density at radius 2 is 2.17 bits per heavy atom. The van der Waals surface area contributed by atoms with E-state index < -0.39 is 5.97 Å². The Hall–Kier alpha value is -2.40. The van der Waals surface area contributed by atoms with Crippen molar-refractivity contribution in [3.8, 4) is 11.3 Å². The van der Waals surface area contributed by atoms with Crippen molar-refractivity contribution >= 4 is 28.3 Å². The molecule has 24 heavy (non-hydrogen) atoms. The van der Waals surface area contributed by atoms with E-state index in [4.69, 9.17) is 10.1 Å². The summed E-state index contributed by atoms with van der Waals surface area (Å²) in [5.74, 6) is -0.242. The Balaban J connectivity index is 1.95. The summed E-state index contributed by atoms with van der Waals surface area (Å²) in [6.45, 7) is 2.28. The van der Waals surface area contributed by atoms with Crippen LogP contribution in [0.2, 0.25) is 0 Å². The van der Waals surface area contributed by atoms with Gasteiger partial charge in [-0.3, -0.25) is 4.40 Å². The fourth-order valence-electron chi connectivity index (χ4n) is 3.36. The van der Waals surface area contributed by atoms with E-state index in [0.717, 1.165) is 34.8 Å². The van der Waals surface area contributed by atoms with Gasteiger partial charge < -0.3 is 5.11 Å². The van der Waals surface area contributed by atoms with Gasteiger partial charge in [0.05, 0.1) is 11.4 Å². The number of fused-ring (bicyclic) bond motifs is 3. The Bertz CT molecular complexity index is 937. The van der Waals surface area contributed by atoms with Crippen LogP contribution in [-0.4, -0.2) is 20.5 Å². The summed E-state index contributed by atoms with van der Waals surface area (Å²) in [4.78, 5) is 18.2. The van der Waals surface area contributed by atoms with Crippen LogP contribution < -0.4 is 0 Å². The number of aromatic nitrogens is 2. The highest BCUT2D eigenvalue weighted by Gasteiger charge is 2.24. The smallest absolute Gasteiger partial charge is 0.328 e. The van der Waals surface area contributed by atoms with Gasteiger partial charge in [-0.1, -0.05) is 37.3 Å². The first-order valence-electron chi connectivity index (χ1n) is 8.13. The topological polar surface area (TPSA) is 54.6 Å². The Morgan fingerprint density at radius 3 is 2.92 bits per heavy atom. The number of hydrogen-bond donors (Lipinski definition) is 1. The van der Waals surface area contributed by atoms with E-state index in [1.54, 1.807) is 17.4 Å². The van der Waals surface area contributed by atoms with E-state index >= 15 is 0 Å². The zero-order chi connectivity index (χ0) is 16.7. The molecule has 1 N–H and O–H groups in total. The molecular weight excluding hydrogens is 320 g/mol. The molecule has 0 amide bonds. The van der Waals surface area contributed by atoms with Gasteiger partial charge in [-0.2, -0.15) is 0 Å². The summed E-state index contributed by atoms with van der Waals surface area (Å²) < 4.78 is 2.16. The van der Waals surface area contributed by atoms with Crippen LogP contribution in [0.3, 0.4) is 0 Å². The van der Waals surface area contributed by atoms with Gasteiger partial charge in [0.15, 0.2) is 4.96 Å². The zero-order valence-electron chi connectivity index (χ0n) is 13.4. The van der Waals surface area contributed by atoms with Crippen molar-refractivity contribution in [1.29, 1.82) is 0 Å². The molecule has 0 radical (unpaired) electrons. The molecule has 1 aliphatic rings. The molecule has 0 saturated carbocycles. The Kier molecular flexibility index (Phi) is 3.73. The number of carboxylic acids is 1. The minimum atomic E-state index is -0.943. The summed E-state index contributed by atoms with van der Waals surface area (Å²) in [5, 5.41) is 9.06. The Morgan fingerprint density at radius 1 is 1.38 bits per heavy atom. The lowest BCUT2D eigenvalue weighted by Gasteiger charge is -2.18. The molecule has 0 aliphatic heterocycles. The molecule has 0 saturated heterocycles. The van der Waals surface area contributed by atoms with Crippen molar-refractivity contribution in [3.63, 3.8) is 0 Å². The van der Waals surface area contributed by atoms with Crippen LogP contribution in [0.25, 0.3) is 22.3 Å². The van der Waals surface area contributed by atoms with Crippen LogP contribution >= 0.6 is 11.3 Å². The van der Waals surface area contributed by atoms with Gasteiger partial charge in [0.1, 0.15) is 0 Å². The van der Waals surface area contributed by atoms with E-state index in [2.05, 4.69) is 11.3 Å². The van der Waals surface area contributed by atoms with Crippen molar-refractivity contribution in [2.75, 3.05) is 0 Å². The fraction of sp³-hybridized carbons (Fsp3) is 0.263. The molecule has 0 spiro atoms. The minimum Gasteiger partial charge on any atom is -0.478 e. The fourth-order valence-corrected chi connectivity index (χ4v) is 4.70. The second kappa shape index (κ2) is 5.91. The number of nitrogens with zero attached hydrogens (tertiary/aromatic N) is 2. The van der Waals surface area contributed by atoms with Crippen LogP contribution in [0.4, 0.5) is 0 Å². The second-order valence-electron chi connectivity index (χ2n) is 6.32. The maximum absolute atomic E-state index is 11.0. The molecule has 2 heterocycles. The maximum atomic E-state index is 11.0. The van der Waals surface area contributed by atoms with Crippen molar-refractivity contribution < 1.29 is 9.90 Å². The van der Waals surface area contributed by atoms with Crippen molar-refractivity contribution in [2.24, 2.45) is 5.92 Å². The molecule has 2 aromatic heterocycles. The highest BCUT2D eigenvalue weighted by molar-refractivity contribution is 7.17. The maximum Gasteiger partial charge on any atom is 0.328 e. The standard InChI is InChI=1S/C19H18N2O2S/c1-12-7-8-14-16(11-12)24-19-20-18(13-5-3-2-4-6-13)15(21(14)19)9-10-17(22)23/h2-6,9-10,12H,7-8,11H2,1H3,(H,22,23)/b10-9+. The first-order chi connectivity index (χ1) is 11.6. The van der Waals surface area contributed by atoms with Gasteiger partial charge in [0, 0.05) is 22.2 Å². The molecule has 0 bridgehead atoms. The van der Waals surface area contributed by atoms with Crippen LogP contribution in [-0.2, 0) is 17.6 Å². The summed E-state index contributed by atoms with van der Waals surface area (Å²) in [7, 11) is 0. The number of aryl methyl sites for hydroxylation is 1. The molecule has 0 fully saturated rings. The zero-order valence-corrected chi connectivity index (χ0v) is 14.2. The lowest BCUT2D eigenvalue weighted by atomic mass is 9.93. The number of benzene rings is 1. The van der Waals surface area contributed by atoms with E-state index in [9.17, 15) is 4.79 Å². The molecule has 4 nitrogen and oxygen atoms in total. The first kappa shape index (κ1) is 15.1. The average Bonchev–Trinajstić information content (AvgIpc) is 3.09. The number of rotatable bonds is 3. The molecular formula is C19H18N2O2S. The summed E-state index contributed by atoms with van der Waals surface area (Å²) in [6, 6.07) is 9.95. The largest absolute Gasteiger partial charge is 0.478 e. The van der Waals surface area contributed by atoms with Crippen LogP contribution in [0, 0.1) is 5.92 Å². The van der Waals surface area contributed by atoms with Crippen molar-refractivity contribution in [3.05, 3.63) is 52.7 Å². The number of aliphatic carboxylic acids is 1. The van der Waals surface area contributed by atoms with E-state index in [1.165, 1.54) is 23.1 Å². The molecule has 122 valence electrons. The summed E-state index contributed by atoms with van der Waals surface area (Å²) in [5.41, 5.74) is 4.02. The molecule has 3 aromatic rings. The van der Waals surface area contributed by atoms with Crippen molar-refractivity contribution in [2.45, 2.75) is 26.2 Å². The number of carboxylic acid groups (broad SMARTS) is 1. The van der Waals surface area contributed by atoms with E-state index in [1.807, 2.05) is 30.3 Å². The normalized spacial score (nSPS) is 17.5. The Labute approximate surface area is 144 Å². The quantitative estimate of drug-likeness (QED) is 0.725. The van der Waals surface area contributed by atoms with Gasteiger partial charge in [-0.05, 0) is 31.3 Å². The van der Waals surface area contributed by atoms with Gasteiger partial charge in [0.2, 0.25) is 0 Å². The summed E-state index contributed by atoms with van der Waals surface area (Å²) >= 11 is 1.74. The van der Waals surface area contributed by atoms with Gasteiger partial charge in [0.25, 0.3) is 0 Å². The summed E-state index contributed by atoms with van der Waals surface area (Å²) in [6.07, 6.45) is 6.15. The third kappa shape index (κ3) is 2.55. The molecule has 1 unspecified atom stereocenters. The molecule has 4 rings (SSSR count). The SMILES string of the molecule is CC1CCc2c(sc3nc(-c4ccccc4)c(/C=C/C(=O)O)n23)C1. The number of thiazole rings is 1. The second-order valence-corrected chi connectivity index (χ2v) is 7.38. The predicted octanol–water partition coefficient (Wildman–Crippen LogP) is 4.29. The van der Waals surface area contributed by atoms with Crippen LogP contribution in [0.1, 0.15) is 29.6 Å². The third-order valence-corrected chi connectivity index (χ3v) is 5.63. The van der Waals surface area contributed by atoms with Crippen molar-refractivity contribution in [1.82, 2.24) is 9.38 Å². The van der Waals surface area contributed by atoms with Gasteiger partial charge in [-0.15, -0.1) is 11.3 Å². The van der Waals surface area contributed by atoms with Crippen LogP contribution in [0.15, 0.2) is 36.4 Å². The molecule has 1 aliphatic carbocycles. The number of carbonyl (C=O) groups is 1. The van der Waals surface area contributed by atoms with E-state index in [0.29, 0.717) is 5.92 Å². The number of hydrogen-bond acceptors (Lipinski definition) is 3. The first-order valence-corrected chi connectivity index (χ1v) is 8.94. The van der Waals surface area contributed by atoms with Gasteiger partial charge in [-0.25, -0.2) is 9.78 Å². The lowest BCUT2D eigenvalue weighted by molar-refractivity contribution is -0.131. The lowest BCUT2D eigenvalue weighted by Crippen LogP contribution is -2.11. The van der Waals surface area contributed by atoms with Gasteiger partial charge >= 0.3 is 5.97 Å². The predicted molar refractivity (Wildman–Crippen MR) is 96.4 cm³/mol.